The first-order valence-electron chi connectivity index (χ1n) is 12.6. The monoisotopic (exact) mass is 504 g/mol. The number of pyridine rings is 1. The number of rotatable bonds is 11. The number of likely N-dealkylation sites (tertiary alicyclic amines) is 1. The molecule has 37 heavy (non-hydrogen) atoms. The molecule has 0 bridgehead atoms. The van der Waals surface area contributed by atoms with E-state index in [0.717, 1.165) is 17.0 Å². The van der Waals surface area contributed by atoms with Gasteiger partial charge in [-0.3, -0.25) is 9.78 Å². The maximum atomic E-state index is 12.9. The highest BCUT2D eigenvalue weighted by Crippen LogP contribution is 2.40. The molecule has 1 saturated carbocycles. The van der Waals surface area contributed by atoms with Crippen LogP contribution < -0.4 is 14.2 Å². The molecular formula is C29H32N2O6. The Labute approximate surface area is 216 Å². The number of nitrogens with zero attached hydrogens (tertiary/aromatic N) is 2. The van der Waals surface area contributed by atoms with Crippen molar-refractivity contribution in [2.24, 2.45) is 0 Å². The van der Waals surface area contributed by atoms with Gasteiger partial charge in [-0.1, -0.05) is 30.3 Å². The minimum atomic E-state index is -0.976. The standard InChI is InChI=1S/C29H32N2O6/c1-35-28-12-22(8-9-27(28)37-17-19-2-4-20(5-3-19)21-6-7-21)23-14-31(15-23)29(34)26-13-25(10-11-30-26)36-18-24(33)16-32/h2-5,8-13,21,23-24,32-33H,6-7,14-18H2,1H3/t24-/m1/s1. The molecule has 1 aromatic heterocycles. The summed E-state index contributed by atoms with van der Waals surface area (Å²) < 4.78 is 17.1. The fourth-order valence-electron chi connectivity index (χ4n) is 4.40. The summed E-state index contributed by atoms with van der Waals surface area (Å²) in [7, 11) is 1.63. The number of methoxy groups -OCH3 is 1. The summed E-state index contributed by atoms with van der Waals surface area (Å²) in [5.41, 5.74) is 3.90. The van der Waals surface area contributed by atoms with Gasteiger partial charge in [-0.15, -0.1) is 0 Å². The molecule has 194 valence electrons. The van der Waals surface area contributed by atoms with Gasteiger partial charge in [0.15, 0.2) is 11.5 Å². The number of ether oxygens (including phenoxy) is 3. The van der Waals surface area contributed by atoms with Crippen molar-refractivity contribution in [1.29, 1.82) is 0 Å². The number of carbonyl (C=O) groups is 1. The summed E-state index contributed by atoms with van der Waals surface area (Å²) in [4.78, 5) is 18.8. The Balaban J connectivity index is 1.15. The average Bonchev–Trinajstić information content (AvgIpc) is 3.76. The quantitative estimate of drug-likeness (QED) is 0.412. The highest BCUT2D eigenvalue weighted by atomic mass is 16.5. The number of hydrogen-bond acceptors (Lipinski definition) is 7. The van der Waals surface area contributed by atoms with E-state index < -0.39 is 12.7 Å². The van der Waals surface area contributed by atoms with Crippen LogP contribution in [0.5, 0.6) is 17.2 Å². The maximum Gasteiger partial charge on any atom is 0.272 e. The fraction of sp³-hybridized carbons (Fsp3) is 0.379. The number of hydrogen-bond donors (Lipinski definition) is 2. The summed E-state index contributed by atoms with van der Waals surface area (Å²) in [5.74, 6) is 2.55. The molecule has 2 N–H and O–H groups in total. The number of benzene rings is 2. The molecule has 1 aliphatic carbocycles. The van der Waals surface area contributed by atoms with Crippen molar-refractivity contribution in [1.82, 2.24) is 9.88 Å². The van der Waals surface area contributed by atoms with Crippen molar-refractivity contribution < 1.29 is 29.2 Å². The lowest BCUT2D eigenvalue weighted by atomic mass is 9.91. The van der Waals surface area contributed by atoms with Crippen molar-refractivity contribution in [3.05, 3.63) is 83.2 Å². The van der Waals surface area contributed by atoms with Gasteiger partial charge < -0.3 is 29.3 Å². The molecule has 2 fully saturated rings. The van der Waals surface area contributed by atoms with Gasteiger partial charge in [-0.2, -0.15) is 0 Å². The van der Waals surface area contributed by atoms with E-state index in [9.17, 15) is 9.90 Å². The van der Waals surface area contributed by atoms with Crippen molar-refractivity contribution >= 4 is 5.91 Å². The molecule has 1 saturated heterocycles. The maximum absolute atomic E-state index is 12.9. The van der Waals surface area contributed by atoms with Crippen LogP contribution in [0.4, 0.5) is 0 Å². The van der Waals surface area contributed by atoms with E-state index in [1.165, 1.54) is 24.6 Å². The van der Waals surface area contributed by atoms with Crippen LogP contribution in [0.3, 0.4) is 0 Å². The lowest BCUT2D eigenvalue weighted by Crippen LogP contribution is -2.48. The molecule has 0 radical (unpaired) electrons. The van der Waals surface area contributed by atoms with Crippen molar-refractivity contribution in [3.8, 4) is 17.2 Å². The molecule has 5 rings (SSSR count). The molecule has 0 unspecified atom stereocenters. The highest BCUT2D eigenvalue weighted by Gasteiger charge is 2.33. The van der Waals surface area contributed by atoms with Gasteiger partial charge in [0.05, 0.1) is 13.7 Å². The Morgan fingerprint density at radius 3 is 2.46 bits per heavy atom. The Morgan fingerprint density at radius 1 is 1.00 bits per heavy atom. The van der Waals surface area contributed by atoms with Crippen molar-refractivity contribution in [2.45, 2.75) is 37.4 Å². The van der Waals surface area contributed by atoms with Crippen molar-refractivity contribution in [2.75, 3.05) is 33.4 Å². The minimum absolute atomic E-state index is 0.0613. The van der Waals surface area contributed by atoms with E-state index in [0.29, 0.717) is 36.9 Å². The minimum Gasteiger partial charge on any atom is -0.493 e. The summed E-state index contributed by atoms with van der Waals surface area (Å²) in [6.45, 7) is 1.17. The number of aromatic nitrogens is 1. The van der Waals surface area contributed by atoms with Crippen LogP contribution in [-0.2, 0) is 6.61 Å². The van der Waals surface area contributed by atoms with Gasteiger partial charge in [0.2, 0.25) is 0 Å². The van der Waals surface area contributed by atoms with Gasteiger partial charge in [0, 0.05) is 31.3 Å². The number of amides is 1. The topological polar surface area (TPSA) is 101 Å². The van der Waals surface area contributed by atoms with E-state index in [4.69, 9.17) is 19.3 Å². The molecule has 2 aromatic carbocycles. The SMILES string of the molecule is COc1cc(C2CN(C(=O)c3cc(OC[C@H](O)CO)ccn3)C2)ccc1OCc1ccc(C2CC2)cc1. The third kappa shape index (κ3) is 6.03. The lowest BCUT2D eigenvalue weighted by molar-refractivity contribution is 0.0532. The molecule has 0 spiro atoms. The van der Waals surface area contributed by atoms with Crippen LogP contribution >= 0.6 is 0 Å². The number of aliphatic hydroxyl groups excluding tert-OH is 2. The molecular weight excluding hydrogens is 472 g/mol. The van der Waals surface area contributed by atoms with E-state index in [2.05, 4.69) is 29.2 Å². The second-order valence-electron chi connectivity index (χ2n) is 9.65. The molecule has 2 heterocycles. The van der Waals surface area contributed by atoms with Crippen LogP contribution in [0.1, 0.15) is 51.9 Å². The molecule has 2 aliphatic rings. The Bertz CT molecular complexity index is 1220. The fourth-order valence-corrected chi connectivity index (χ4v) is 4.40. The second-order valence-corrected chi connectivity index (χ2v) is 9.65. The molecule has 3 aromatic rings. The van der Waals surface area contributed by atoms with Gasteiger partial charge in [0.25, 0.3) is 5.91 Å². The second kappa shape index (κ2) is 11.2. The molecule has 1 amide bonds. The predicted molar refractivity (Wildman–Crippen MR) is 137 cm³/mol. The van der Waals surface area contributed by atoms with Crippen LogP contribution in [0.2, 0.25) is 0 Å². The van der Waals surface area contributed by atoms with E-state index in [1.807, 2.05) is 18.2 Å². The Kier molecular flexibility index (Phi) is 7.58. The third-order valence-electron chi connectivity index (χ3n) is 6.85. The number of carbonyl (C=O) groups excluding carboxylic acids is 1. The zero-order chi connectivity index (χ0) is 25.8. The zero-order valence-electron chi connectivity index (χ0n) is 20.9. The smallest absolute Gasteiger partial charge is 0.272 e. The summed E-state index contributed by atoms with van der Waals surface area (Å²) in [6.07, 6.45) is 3.11. The van der Waals surface area contributed by atoms with Gasteiger partial charge >= 0.3 is 0 Å². The third-order valence-corrected chi connectivity index (χ3v) is 6.85. The molecule has 8 nitrogen and oxygen atoms in total. The number of aliphatic hydroxyl groups is 2. The first-order chi connectivity index (χ1) is 18.0. The van der Waals surface area contributed by atoms with Crippen LogP contribution in [-0.4, -0.2) is 65.5 Å². The van der Waals surface area contributed by atoms with Gasteiger partial charge in [-0.05, 0) is 53.6 Å². The van der Waals surface area contributed by atoms with E-state index in [1.54, 1.807) is 24.1 Å². The first-order valence-corrected chi connectivity index (χ1v) is 12.6. The average molecular weight is 505 g/mol. The highest BCUT2D eigenvalue weighted by molar-refractivity contribution is 5.93. The molecule has 1 atom stereocenters. The van der Waals surface area contributed by atoms with Crippen LogP contribution in [0.15, 0.2) is 60.8 Å². The lowest BCUT2D eigenvalue weighted by Gasteiger charge is -2.39. The van der Waals surface area contributed by atoms with Crippen LogP contribution in [0, 0.1) is 0 Å². The normalized spacial score (nSPS) is 16.1. The summed E-state index contributed by atoms with van der Waals surface area (Å²) in [6, 6.07) is 17.7. The molecule has 1 aliphatic heterocycles. The first kappa shape index (κ1) is 25.0. The van der Waals surface area contributed by atoms with E-state index >= 15 is 0 Å². The van der Waals surface area contributed by atoms with Crippen molar-refractivity contribution in [3.63, 3.8) is 0 Å². The Hall–Kier alpha value is -3.62. The summed E-state index contributed by atoms with van der Waals surface area (Å²) in [5, 5.41) is 18.4. The summed E-state index contributed by atoms with van der Waals surface area (Å²) >= 11 is 0. The van der Waals surface area contributed by atoms with Crippen LogP contribution in [0.25, 0.3) is 0 Å². The Morgan fingerprint density at radius 2 is 1.76 bits per heavy atom. The van der Waals surface area contributed by atoms with E-state index in [-0.39, 0.29) is 24.1 Å². The van der Waals surface area contributed by atoms with Gasteiger partial charge in [-0.25, -0.2) is 0 Å². The largest absolute Gasteiger partial charge is 0.493 e. The molecule has 8 heteroatoms. The zero-order valence-corrected chi connectivity index (χ0v) is 20.9. The predicted octanol–water partition coefficient (Wildman–Crippen LogP) is 3.52. The van der Waals surface area contributed by atoms with Gasteiger partial charge in [0.1, 0.15) is 30.8 Å².